The van der Waals surface area contributed by atoms with Crippen LogP contribution in [0.15, 0.2) is 0 Å². The van der Waals surface area contributed by atoms with Crippen LogP contribution in [0.2, 0.25) is 0 Å². The average molecular weight is 293 g/mol. The Hall–Kier alpha value is -1.11. The topological polar surface area (TPSA) is 101 Å². The Kier molecular flexibility index (Phi) is 8.38. The number of carboxylic acid groups (broad SMARTS) is 1. The van der Waals surface area contributed by atoms with Crippen LogP contribution in [0.5, 0.6) is 0 Å². The molecule has 0 aliphatic heterocycles. The number of amides is 1. The first-order valence-electron chi connectivity index (χ1n) is 6.40. The predicted molar refractivity (Wildman–Crippen MR) is 72.6 cm³/mol. The van der Waals surface area contributed by atoms with Crippen LogP contribution in [0, 0.1) is 5.92 Å². The van der Waals surface area contributed by atoms with E-state index in [0.717, 1.165) is 19.1 Å². The lowest BCUT2D eigenvalue weighted by Crippen LogP contribution is -2.31. The third-order valence-electron chi connectivity index (χ3n) is 2.73. The molecule has 1 unspecified atom stereocenters. The van der Waals surface area contributed by atoms with Gasteiger partial charge >= 0.3 is 5.97 Å². The van der Waals surface area contributed by atoms with Crippen molar-refractivity contribution in [2.24, 2.45) is 5.92 Å². The fourth-order valence-corrected chi connectivity index (χ4v) is 2.45. The average Bonchev–Trinajstić information content (AvgIpc) is 2.23. The van der Waals surface area contributed by atoms with E-state index < -0.39 is 27.5 Å². The normalized spacial score (nSPS) is 12.9. The van der Waals surface area contributed by atoms with Gasteiger partial charge in [-0.25, -0.2) is 8.42 Å². The third kappa shape index (κ3) is 11.7. The highest BCUT2D eigenvalue weighted by Crippen LogP contribution is 2.17. The van der Waals surface area contributed by atoms with Crippen molar-refractivity contribution in [1.82, 2.24) is 5.32 Å². The Morgan fingerprint density at radius 1 is 1.21 bits per heavy atom. The van der Waals surface area contributed by atoms with Crippen molar-refractivity contribution >= 4 is 21.7 Å². The first kappa shape index (κ1) is 17.9. The lowest BCUT2D eigenvalue weighted by molar-refractivity contribution is -0.137. The van der Waals surface area contributed by atoms with Crippen molar-refractivity contribution < 1.29 is 23.1 Å². The molecule has 0 aliphatic carbocycles. The number of aliphatic carboxylic acids is 1. The van der Waals surface area contributed by atoms with Gasteiger partial charge in [-0.3, -0.25) is 9.59 Å². The van der Waals surface area contributed by atoms with Crippen molar-refractivity contribution in [3.63, 3.8) is 0 Å². The van der Waals surface area contributed by atoms with E-state index in [9.17, 15) is 18.0 Å². The smallest absolute Gasteiger partial charge is 0.303 e. The summed E-state index contributed by atoms with van der Waals surface area (Å²) in [5.41, 5.74) is 0. The second kappa shape index (κ2) is 8.90. The molecule has 2 N–H and O–H groups in total. The summed E-state index contributed by atoms with van der Waals surface area (Å²) in [5.74, 6) is -1.57. The van der Waals surface area contributed by atoms with Crippen LogP contribution in [0.4, 0.5) is 0 Å². The minimum atomic E-state index is -3.30. The first-order valence-corrected chi connectivity index (χ1v) is 8.47. The van der Waals surface area contributed by atoms with Crippen LogP contribution < -0.4 is 5.32 Å². The quantitative estimate of drug-likeness (QED) is 0.621. The summed E-state index contributed by atoms with van der Waals surface area (Å²) >= 11 is 0. The molecule has 0 saturated carbocycles. The van der Waals surface area contributed by atoms with E-state index in [-0.39, 0.29) is 12.3 Å². The van der Waals surface area contributed by atoms with Crippen LogP contribution in [-0.4, -0.2) is 44.0 Å². The van der Waals surface area contributed by atoms with Gasteiger partial charge in [0.2, 0.25) is 5.91 Å². The van der Waals surface area contributed by atoms with E-state index in [2.05, 4.69) is 5.32 Å². The molecule has 0 aromatic heterocycles. The molecule has 19 heavy (non-hydrogen) atoms. The molecular formula is C12H23NO5S. The predicted octanol–water partition coefficient (Wildman–Crippen LogP) is 0.818. The molecule has 0 fully saturated rings. The molecule has 0 aromatic rings. The van der Waals surface area contributed by atoms with Crippen LogP contribution in [0.3, 0.4) is 0 Å². The summed E-state index contributed by atoms with van der Waals surface area (Å²) in [6.07, 6.45) is 4.28. The van der Waals surface area contributed by atoms with E-state index in [1.54, 1.807) is 0 Å². The number of hydrogen-bond donors (Lipinski definition) is 2. The first-order chi connectivity index (χ1) is 8.74. The molecule has 112 valence electrons. The number of carbonyl (C=O) groups is 2. The molecular weight excluding hydrogens is 270 g/mol. The Balaban J connectivity index is 3.98. The second-order valence-corrected chi connectivity index (χ2v) is 6.94. The molecule has 0 saturated heterocycles. The second-order valence-electron chi connectivity index (χ2n) is 4.80. The number of hydrogen-bond acceptors (Lipinski definition) is 4. The van der Waals surface area contributed by atoms with Gasteiger partial charge in [0.25, 0.3) is 0 Å². The zero-order valence-corrected chi connectivity index (χ0v) is 12.3. The Bertz CT molecular complexity index is 391. The lowest BCUT2D eigenvalue weighted by Gasteiger charge is -2.15. The van der Waals surface area contributed by atoms with Gasteiger partial charge in [0.1, 0.15) is 5.75 Å². The Labute approximate surface area is 114 Å². The van der Waals surface area contributed by atoms with Gasteiger partial charge in [-0.2, -0.15) is 0 Å². The summed E-state index contributed by atoms with van der Waals surface area (Å²) in [5, 5.41) is 11.2. The van der Waals surface area contributed by atoms with Gasteiger partial charge in [0.05, 0.1) is 0 Å². The van der Waals surface area contributed by atoms with Crippen molar-refractivity contribution in [2.45, 2.75) is 39.0 Å². The number of nitrogens with one attached hydrogen (secondary N) is 1. The van der Waals surface area contributed by atoms with Gasteiger partial charge in [-0.15, -0.1) is 0 Å². The van der Waals surface area contributed by atoms with E-state index in [1.807, 2.05) is 6.92 Å². The number of sulfone groups is 1. The van der Waals surface area contributed by atoms with E-state index in [0.29, 0.717) is 19.4 Å². The Morgan fingerprint density at radius 3 is 2.32 bits per heavy atom. The van der Waals surface area contributed by atoms with Gasteiger partial charge in [-0.1, -0.05) is 19.8 Å². The van der Waals surface area contributed by atoms with Crippen LogP contribution in [-0.2, 0) is 19.4 Å². The summed E-state index contributed by atoms with van der Waals surface area (Å²) < 4.78 is 21.8. The minimum absolute atomic E-state index is 0.127. The standard InChI is InChI=1S/C12H23NO5S/c1-3-4-10(5-6-12(15)16)7-8-13-11(14)9-19(2,17)18/h10H,3-9H2,1-2H3,(H,13,14)(H,15,16). The fourth-order valence-electron chi connectivity index (χ4n) is 1.87. The molecule has 0 aromatic carbocycles. The number of carboxylic acids is 1. The zero-order chi connectivity index (χ0) is 14.9. The van der Waals surface area contributed by atoms with Crippen molar-refractivity contribution in [2.75, 3.05) is 18.6 Å². The molecule has 1 amide bonds. The van der Waals surface area contributed by atoms with Crippen LogP contribution >= 0.6 is 0 Å². The maximum atomic E-state index is 11.3. The fraction of sp³-hybridized carbons (Fsp3) is 0.833. The van der Waals surface area contributed by atoms with Gasteiger partial charge in [0, 0.05) is 19.2 Å². The van der Waals surface area contributed by atoms with Crippen molar-refractivity contribution in [3.05, 3.63) is 0 Å². The third-order valence-corrected chi connectivity index (χ3v) is 3.52. The molecule has 0 rings (SSSR count). The molecule has 0 bridgehead atoms. The largest absolute Gasteiger partial charge is 0.481 e. The minimum Gasteiger partial charge on any atom is -0.481 e. The van der Waals surface area contributed by atoms with Gasteiger partial charge in [0.15, 0.2) is 9.84 Å². The van der Waals surface area contributed by atoms with Crippen molar-refractivity contribution in [1.29, 1.82) is 0 Å². The molecule has 0 radical (unpaired) electrons. The number of rotatable bonds is 10. The maximum absolute atomic E-state index is 11.3. The van der Waals surface area contributed by atoms with Crippen LogP contribution in [0.25, 0.3) is 0 Å². The maximum Gasteiger partial charge on any atom is 0.303 e. The Morgan fingerprint density at radius 2 is 1.84 bits per heavy atom. The molecule has 1 atom stereocenters. The van der Waals surface area contributed by atoms with Crippen LogP contribution in [0.1, 0.15) is 39.0 Å². The zero-order valence-electron chi connectivity index (χ0n) is 11.5. The highest BCUT2D eigenvalue weighted by Gasteiger charge is 2.13. The molecule has 7 heteroatoms. The number of carbonyl (C=O) groups excluding carboxylic acids is 1. The SMILES string of the molecule is CCCC(CCNC(=O)CS(C)(=O)=O)CCC(=O)O. The van der Waals surface area contributed by atoms with Crippen molar-refractivity contribution in [3.8, 4) is 0 Å². The highest BCUT2D eigenvalue weighted by atomic mass is 32.2. The molecule has 6 nitrogen and oxygen atoms in total. The molecule has 0 spiro atoms. The van der Waals surface area contributed by atoms with Gasteiger partial charge in [-0.05, 0) is 18.8 Å². The summed E-state index contributed by atoms with van der Waals surface area (Å²) in [6.45, 7) is 2.41. The van der Waals surface area contributed by atoms with Gasteiger partial charge < -0.3 is 10.4 Å². The lowest BCUT2D eigenvalue weighted by atomic mass is 9.94. The monoisotopic (exact) mass is 293 g/mol. The van der Waals surface area contributed by atoms with E-state index >= 15 is 0 Å². The summed E-state index contributed by atoms with van der Waals surface area (Å²) in [6, 6.07) is 0. The summed E-state index contributed by atoms with van der Waals surface area (Å²) in [4.78, 5) is 21.8. The molecule has 0 heterocycles. The van der Waals surface area contributed by atoms with E-state index in [1.165, 1.54) is 0 Å². The van der Waals surface area contributed by atoms with E-state index in [4.69, 9.17) is 5.11 Å². The highest BCUT2D eigenvalue weighted by molar-refractivity contribution is 7.91. The molecule has 0 aliphatic rings. The summed E-state index contributed by atoms with van der Waals surface area (Å²) in [7, 11) is -3.30.